The third-order valence-electron chi connectivity index (χ3n) is 4.46. The Balaban J connectivity index is 1.63. The predicted molar refractivity (Wildman–Crippen MR) is 96.7 cm³/mol. The molecular weight excluding hydrogens is 344 g/mol. The van der Waals surface area contributed by atoms with Gasteiger partial charge in [-0.15, -0.1) is 0 Å². The number of halogens is 1. The maximum Gasteiger partial charge on any atom is 0.240 e. The summed E-state index contributed by atoms with van der Waals surface area (Å²) in [6.07, 6.45) is 1.00. The van der Waals surface area contributed by atoms with Crippen molar-refractivity contribution in [2.75, 3.05) is 13.1 Å². The first-order chi connectivity index (χ1) is 11.5. The normalized spacial score (nSPS) is 16.6. The molecule has 0 saturated heterocycles. The summed E-state index contributed by atoms with van der Waals surface area (Å²) in [5, 5.41) is 0.415. The number of rotatable bonds is 5. The maximum atomic E-state index is 12.4. The van der Waals surface area contributed by atoms with Gasteiger partial charge in [0.15, 0.2) is 0 Å². The smallest absolute Gasteiger partial charge is 0.240 e. The lowest BCUT2D eigenvalue weighted by molar-refractivity contribution is 0.192. The Morgan fingerprint density at radius 1 is 1.17 bits per heavy atom. The van der Waals surface area contributed by atoms with Crippen LogP contribution >= 0.6 is 11.6 Å². The Kier molecular flexibility index (Phi) is 5.25. The molecule has 0 aliphatic carbocycles. The molecule has 1 aliphatic rings. The Morgan fingerprint density at radius 2 is 1.92 bits per heavy atom. The van der Waals surface area contributed by atoms with E-state index in [-0.39, 0.29) is 10.9 Å². The zero-order chi connectivity index (χ0) is 17.2. The highest BCUT2D eigenvalue weighted by molar-refractivity contribution is 7.89. The zero-order valence-electron chi connectivity index (χ0n) is 13.6. The van der Waals surface area contributed by atoms with Crippen molar-refractivity contribution in [3.05, 3.63) is 64.7 Å². The van der Waals surface area contributed by atoms with Gasteiger partial charge in [-0.1, -0.05) is 41.9 Å². The van der Waals surface area contributed by atoms with E-state index in [0.717, 1.165) is 19.5 Å². The van der Waals surface area contributed by atoms with E-state index >= 15 is 0 Å². The van der Waals surface area contributed by atoms with E-state index in [1.807, 2.05) is 0 Å². The molecule has 3 rings (SSSR count). The van der Waals surface area contributed by atoms with Gasteiger partial charge in [-0.05, 0) is 42.7 Å². The topological polar surface area (TPSA) is 49.4 Å². The van der Waals surface area contributed by atoms with Gasteiger partial charge in [0, 0.05) is 30.7 Å². The van der Waals surface area contributed by atoms with Crippen LogP contribution in [0.1, 0.15) is 18.1 Å². The van der Waals surface area contributed by atoms with Crippen molar-refractivity contribution in [2.45, 2.75) is 30.8 Å². The molecule has 0 bridgehead atoms. The summed E-state index contributed by atoms with van der Waals surface area (Å²) in [4.78, 5) is 2.51. The van der Waals surface area contributed by atoms with Crippen LogP contribution in [0.5, 0.6) is 0 Å². The maximum absolute atomic E-state index is 12.4. The lowest BCUT2D eigenvalue weighted by atomic mass is 9.99. The molecule has 0 fully saturated rings. The minimum absolute atomic E-state index is 0.118. The molecule has 0 aromatic heterocycles. The molecule has 0 spiro atoms. The molecule has 6 heteroatoms. The lowest BCUT2D eigenvalue weighted by Gasteiger charge is -2.33. The molecule has 1 unspecified atom stereocenters. The van der Waals surface area contributed by atoms with Gasteiger partial charge < -0.3 is 0 Å². The van der Waals surface area contributed by atoms with E-state index in [1.54, 1.807) is 18.2 Å². The predicted octanol–water partition coefficient (Wildman–Crippen LogP) is 3.07. The van der Waals surface area contributed by atoms with E-state index in [4.69, 9.17) is 11.6 Å². The molecule has 4 nitrogen and oxygen atoms in total. The first kappa shape index (κ1) is 17.4. The Bertz CT molecular complexity index is 823. The minimum atomic E-state index is -3.54. The summed E-state index contributed by atoms with van der Waals surface area (Å²) < 4.78 is 27.5. The summed E-state index contributed by atoms with van der Waals surface area (Å²) in [7, 11) is -3.54. The van der Waals surface area contributed by atoms with Crippen LogP contribution < -0.4 is 4.72 Å². The van der Waals surface area contributed by atoms with Crippen LogP contribution in [0, 0.1) is 0 Å². The fourth-order valence-electron chi connectivity index (χ4n) is 2.97. The molecule has 2 aromatic rings. The molecule has 1 N–H and O–H groups in total. The van der Waals surface area contributed by atoms with Gasteiger partial charge in [0.05, 0.1) is 4.90 Å². The second-order valence-corrected chi connectivity index (χ2v) is 8.35. The Labute approximate surface area is 148 Å². The lowest BCUT2D eigenvalue weighted by Crippen LogP contribution is -2.44. The molecule has 1 atom stereocenters. The van der Waals surface area contributed by atoms with Crippen LogP contribution in [0.15, 0.2) is 53.4 Å². The highest BCUT2D eigenvalue weighted by Crippen LogP contribution is 2.20. The standard InChI is InChI=1S/C18H21ClN2O2S/c1-14(21-10-9-15-5-2-3-6-16(15)13-21)12-20-24(22,23)18-8-4-7-17(19)11-18/h2-8,11,14,20H,9-10,12-13H2,1H3. The van der Waals surface area contributed by atoms with Crippen molar-refractivity contribution in [3.8, 4) is 0 Å². The molecule has 24 heavy (non-hydrogen) atoms. The van der Waals surface area contributed by atoms with Crippen LogP contribution in [0.4, 0.5) is 0 Å². The Hall–Kier alpha value is -1.40. The second-order valence-electron chi connectivity index (χ2n) is 6.15. The molecular formula is C18H21ClN2O2S. The van der Waals surface area contributed by atoms with Crippen LogP contribution in [-0.2, 0) is 23.0 Å². The Morgan fingerprint density at radius 3 is 2.67 bits per heavy atom. The van der Waals surface area contributed by atoms with Gasteiger partial charge in [0.2, 0.25) is 10.0 Å². The molecule has 0 amide bonds. The summed E-state index contributed by atoms with van der Waals surface area (Å²) in [5.41, 5.74) is 2.72. The van der Waals surface area contributed by atoms with E-state index in [1.165, 1.54) is 17.2 Å². The summed E-state index contributed by atoms with van der Waals surface area (Å²) in [6, 6.07) is 14.9. The largest absolute Gasteiger partial charge is 0.295 e. The van der Waals surface area contributed by atoms with Crippen molar-refractivity contribution in [1.29, 1.82) is 0 Å². The highest BCUT2D eigenvalue weighted by Gasteiger charge is 2.22. The fourth-order valence-corrected chi connectivity index (χ4v) is 4.39. The van der Waals surface area contributed by atoms with E-state index < -0.39 is 10.0 Å². The fraction of sp³-hybridized carbons (Fsp3) is 0.333. The summed E-state index contributed by atoms with van der Waals surface area (Å²) in [5.74, 6) is 0. The minimum Gasteiger partial charge on any atom is -0.295 e. The third-order valence-corrected chi connectivity index (χ3v) is 6.12. The molecule has 128 valence electrons. The quantitative estimate of drug-likeness (QED) is 0.887. The first-order valence-corrected chi connectivity index (χ1v) is 9.88. The molecule has 1 aliphatic heterocycles. The van der Waals surface area contributed by atoms with E-state index in [9.17, 15) is 8.42 Å². The highest BCUT2D eigenvalue weighted by atomic mass is 35.5. The van der Waals surface area contributed by atoms with Gasteiger partial charge in [0.1, 0.15) is 0 Å². The molecule has 0 radical (unpaired) electrons. The number of nitrogens with zero attached hydrogens (tertiary/aromatic N) is 1. The van der Waals surface area contributed by atoms with Crippen molar-refractivity contribution in [2.24, 2.45) is 0 Å². The van der Waals surface area contributed by atoms with Crippen LogP contribution in [0.2, 0.25) is 5.02 Å². The average molecular weight is 365 g/mol. The van der Waals surface area contributed by atoms with Crippen molar-refractivity contribution >= 4 is 21.6 Å². The van der Waals surface area contributed by atoms with Crippen LogP contribution in [0.25, 0.3) is 0 Å². The van der Waals surface area contributed by atoms with Crippen molar-refractivity contribution in [3.63, 3.8) is 0 Å². The van der Waals surface area contributed by atoms with Crippen molar-refractivity contribution < 1.29 is 8.42 Å². The SMILES string of the molecule is CC(CNS(=O)(=O)c1cccc(Cl)c1)N1CCc2ccccc2C1. The number of fused-ring (bicyclic) bond motifs is 1. The van der Waals surface area contributed by atoms with E-state index in [2.05, 4.69) is 40.8 Å². The van der Waals surface area contributed by atoms with Gasteiger partial charge in [-0.3, -0.25) is 4.90 Å². The molecule has 2 aromatic carbocycles. The monoisotopic (exact) mass is 364 g/mol. The molecule has 1 heterocycles. The summed E-state index contributed by atoms with van der Waals surface area (Å²) in [6.45, 7) is 4.22. The number of hydrogen-bond acceptors (Lipinski definition) is 3. The van der Waals surface area contributed by atoms with Gasteiger partial charge >= 0.3 is 0 Å². The molecule has 0 saturated carbocycles. The first-order valence-electron chi connectivity index (χ1n) is 8.02. The average Bonchev–Trinajstić information content (AvgIpc) is 2.59. The zero-order valence-corrected chi connectivity index (χ0v) is 15.1. The second kappa shape index (κ2) is 7.23. The number of sulfonamides is 1. The van der Waals surface area contributed by atoms with Gasteiger partial charge in [-0.2, -0.15) is 0 Å². The number of nitrogens with one attached hydrogen (secondary N) is 1. The third kappa shape index (κ3) is 3.98. The summed E-state index contributed by atoms with van der Waals surface area (Å²) >= 11 is 5.88. The number of benzene rings is 2. The van der Waals surface area contributed by atoms with Gasteiger partial charge in [0.25, 0.3) is 0 Å². The van der Waals surface area contributed by atoms with Crippen LogP contribution in [0.3, 0.4) is 0 Å². The van der Waals surface area contributed by atoms with Gasteiger partial charge in [-0.25, -0.2) is 13.1 Å². The van der Waals surface area contributed by atoms with Crippen LogP contribution in [-0.4, -0.2) is 32.4 Å². The van der Waals surface area contributed by atoms with Crippen molar-refractivity contribution in [1.82, 2.24) is 9.62 Å². The van der Waals surface area contributed by atoms with E-state index in [0.29, 0.717) is 11.6 Å². The number of hydrogen-bond donors (Lipinski definition) is 1.